The fraction of sp³-hybridized carbons (Fsp3) is 0.300. The van der Waals surface area contributed by atoms with Crippen LogP contribution in [0.25, 0.3) is 0 Å². The second kappa shape index (κ2) is 9.65. The Morgan fingerprint density at radius 3 is 2.66 bits per heavy atom. The first-order chi connectivity index (χ1) is 14.0. The Labute approximate surface area is 168 Å². The first-order valence-electron chi connectivity index (χ1n) is 9.16. The number of ether oxygens (including phenoxy) is 2. The van der Waals surface area contributed by atoms with E-state index in [1.165, 1.54) is 12.1 Å². The number of non-ortho nitro benzene ring substituents is 1. The lowest BCUT2D eigenvalue weighted by Gasteiger charge is -2.26. The Balaban J connectivity index is 1.54. The van der Waals surface area contributed by atoms with E-state index in [-0.39, 0.29) is 18.2 Å². The summed E-state index contributed by atoms with van der Waals surface area (Å²) in [6, 6.07) is 13.3. The van der Waals surface area contributed by atoms with Crippen LogP contribution in [0.4, 0.5) is 11.4 Å². The van der Waals surface area contributed by atoms with Gasteiger partial charge in [0.25, 0.3) is 11.6 Å². The van der Waals surface area contributed by atoms with Crippen LogP contribution in [-0.4, -0.2) is 54.4 Å². The number of nitro groups is 1. The summed E-state index contributed by atoms with van der Waals surface area (Å²) in [6.07, 6.45) is 0. The number of nitro benzene ring substituents is 1. The Morgan fingerprint density at radius 2 is 1.97 bits per heavy atom. The smallest absolute Gasteiger partial charge is 0.271 e. The predicted octanol–water partition coefficient (Wildman–Crippen LogP) is 2.67. The minimum absolute atomic E-state index is 0.00372. The average Bonchev–Trinajstić information content (AvgIpc) is 2.77. The van der Waals surface area contributed by atoms with Crippen molar-refractivity contribution in [2.24, 2.45) is 5.10 Å². The molecule has 152 valence electrons. The van der Waals surface area contributed by atoms with Crippen LogP contribution in [0.1, 0.15) is 12.5 Å². The van der Waals surface area contributed by atoms with E-state index in [9.17, 15) is 14.9 Å². The first-order valence-corrected chi connectivity index (χ1v) is 9.16. The summed E-state index contributed by atoms with van der Waals surface area (Å²) in [4.78, 5) is 24.2. The molecule has 0 saturated carbocycles. The molecule has 9 nitrogen and oxygen atoms in total. The number of amides is 1. The normalized spacial score (nSPS) is 14.4. The summed E-state index contributed by atoms with van der Waals surface area (Å²) in [6.45, 7) is 4.11. The number of hydrogen-bond donors (Lipinski definition) is 1. The molecular weight excluding hydrogens is 376 g/mol. The zero-order chi connectivity index (χ0) is 20.6. The maximum absolute atomic E-state index is 12.1. The van der Waals surface area contributed by atoms with Crippen LogP contribution in [0.5, 0.6) is 5.75 Å². The third-order valence-corrected chi connectivity index (χ3v) is 4.41. The molecule has 0 aliphatic carbocycles. The van der Waals surface area contributed by atoms with Gasteiger partial charge in [0.1, 0.15) is 5.75 Å². The summed E-state index contributed by atoms with van der Waals surface area (Å²) in [5.74, 6) is 0.533. The van der Waals surface area contributed by atoms with Gasteiger partial charge in [0, 0.05) is 25.2 Å². The van der Waals surface area contributed by atoms with Crippen molar-refractivity contribution >= 4 is 23.0 Å². The van der Waals surface area contributed by atoms with Crippen LogP contribution in [0, 0.1) is 10.1 Å². The van der Waals surface area contributed by atoms with Gasteiger partial charge in [0.15, 0.2) is 6.61 Å². The zero-order valence-corrected chi connectivity index (χ0v) is 16.0. The van der Waals surface area contributed by atoms with E-state index >= 15 is 0 Å². The quantitative estimate of drug-likeness (QED) is 0.437. The number of hydrogen-bond acceptors (Lipinski definition) is 7. The van der Waals surface area contributed by atoms with Crippen molar-refractivity contribution in [2.75, 3.05) is 38.3 Å². The van der Waals surface area contributed by atoms with Crippen LogP contribution < -0.4 is 10.2 Å². The topological polar surface area (TPSA) is 106 Å². The van der Waals surface area contributed by atoms with E-state index in [4.69, 9.17) is 9.47 Å². The molecule has 9 heteroatoms. The van der Waals surface area contributed by atoms with Gasteiger partial charge in [-0.25, -0.2) is 0 Å². The molecule has 1 heterocycles. The standard InChI is InChI=1S/C20H22N4O5/c1-15(21-22-17-3-2-4-18(13-17)24(26)27)16-5-7-19(8-6-16)29-14-20(25)23-9-11-28-12-10-23/h2-8,13,22H,9-12,14H2,1H3/b21-15-. The fourth-order valence-corrected chi connectivity index (χ4v) is 2.74. The average molecular weight is 398 g/mol. The summed E-state index contributed by atoms with van der Waals surface area (Å²) in [5.41, 5.74) is 4.90. The number of nitrogens with one attached hydrogen (secondary N) is 1. The number of carbonyl (C=O) groups is 1. The van der Waals surface area contributed by atoms with E-state index in [2.05, 4.69) is 10.5 Å². The first kappa shape index (κ1) is 20.3. The Hall–Kier alpha value is -3.46. The Bertz CT molecular complexity index is 892. The summed E-state index contributed by atoms with van der Waals surface area (Å²) in [5, 5.41) is 15.1. The molecule has 1 N–H and O–H groups in total. The van der Waals surface area contributed by atoms with Gasteiger partial charge in [0.05, 0.1) is 29.5 Å². The highest BCUT2D eigenvalue weighted by atomic mass is 16.6. The number of carbonyl (C=O) groups excluding carboxylic acids is 1. The lowest BCUT2D eigenvalue weighted by Crippen LogP contribution is -2.42. The molecule has 1 amide bonds. The Morgan fingerprint density at radius 1 is 1.24 bits per heavy atom. The lowest BCUT2D eigenvalue weighted by molar-refractivity contribution is -0.384. The molecule has 0 unspecified atom stereocenters. The maximum Gasteiger partial charge on any atom is 0.271 e. The van der Waals surface area contributed by atoms with Crippen molar-refractivity contribution in [3.8, 4) is 5.75 Å². The fourth-order valence-electron chi connectivity index (χ4n) is 2.74. The molecule has 2 aromatic carbocycles. The SMILES string of the molecule is C/C(=N/Nc1cccc([N+](=O)[O-])c1)c1ccc(OCC(=O)N2CCOCC2)cc1. The van der Waals surface area contributed by atoms with Gasteiger partial charge in [0.2, 0.25) is 0 Å². The molecular formula is C20H22N4O5. The highest BCUT2D eigenvalue weighted by molar-refractivity contribution is 5.99. The third kappa shape index (κ3) is 5.76. The van der Waals surface area contributed by atoms with Gasteiger partial charge in [-0.3, -0.25) is 20.3 Å². The number of hydrazone groups is 1. The molecule has 0 radical (unpaired) electrons. The van der Waals surface area contributed by atoms with Gasteiger partial charge in [-0.15, -0.1) is 0 Å². The summed E-state index contributed by atoms with van der Waals surface area (Å²) < 4.78 is 10.8. The van der Waals surface area contributed by atoms with Crippen molar-refractivity contribution in [1.82, 2.24) is 4.90 Å². The molecule has 1 aliphatic rings. The maximum atomic E-state index is 12.1. The minimum Gasteiger partial charge on any atom is -0.484 e. The van der Waals surface area contributed by atoms with E-state index in [1.807, 2.05) is 19.1 Å². The van der Waals surface area contributed by atoms with Gasteiger partial charge in [-0.1, -0.05) is 6.07 Å². The van der Waals surface area contributed by atoms with E-state index < -0.39 is 4.92 Å². The highest BCUT2D eigenvalue weighted by Gasteiger charge is 2.17. The Kier molecular flexibility index (Phi) is 6.75. The van der Waals surface area contributed by atoms with Crippen molar-refractivity contribution < 1.29 is 19.2 Å². The van der Waals surface area contributed by atoms with Crippen LogP contribution in [0.3, 0.4) is 0 Å². The number of benzene rings is 2. The van der Waals surface area contributed by atoms with Crippen LogP contribution in [-0.2, 0) is 9.53 Å². The van der Waals surface area contributed by atoms with E-state index in [1.54, 1.807) is 29.2 Å². The van der Waals surface area contributed by atoms with Gasteiger partial charge >= 0.3 is 0 Å². The summed E-state index contributed by atoms with van der Waals surface area (Å²) in [7, 11) is 0. The van der Waals surface area contributed by atoms with Crippen molar-refractivity contribution in [3.63, 3.8) is 0 Å². The molecule has 0 bridgehead atoms. The summed E-state index contributed by atoms with van der Waals surface area (Å²) >= 11 is 0. The molecule has 1 fully saturated rings. The van der Waals surface area contributed by atoms with E-state index in [0.717, 1.165) is 5.56 Å². The molecule has 0 atom stereocenters. The molecule has 29 heavy (non-hydrogen) atoms. The van der Waals surface area contributed by atoms with Gasteiger partial charge in [-0.05, 0) is 42.8 Å². The number of rotatable bonds is 7. The van der Waals surface area contributed by atoms with Crippen LogP contribution >= 0.6 is 0 Å². The zero-order valence-electron chi connectivity index (χ0n) is 16.0. The number of nitrogens with zero attached hydrogens (tertiary/aromatic N) is 3. The molecule has 1 saturated heterocycles. The van der Waals surface area contributed by atoms with Gasteiger partial charge in [-0.2, -0.15) is 5.10 Å². The van der Waals surface area contributed by atoms with Crippen molar-refractivity contribution in [1.29, 1.82) is 0 Å². The van der Waals surface area contributed by atoms with Crippen molar-refractivity contribution in [2.45, 2.75) is 6.92 Å². The highest BCUT2D eigenvalue weighted by Crippen LogP contribution is 2.18. The second-order valence-electron chi connectivity index (χ2n) is 6.42. The molecule has 0 aromatic heterocycles. The predicted molar refractivity (Wildman–Crippen MR) is 108 cm³/mol. The molecule has 1 aliphatic heterocycles. The molecule has 0 spiro atoms. The monoisotopic (exact) mass is 398 g/mol. The largest absolute Gasteiger partial charge is 0.484 e. The second-order valence-corrected chi connectivity index (χ2v) is 6.42. The molecule has 2 aromatic rings. The number of morpholine rings is 1. The van der Waals surface area contributed by atoms with Crippen LogP contribution in [0.15, 0.2) is 53.6 Å². The van der Waals surface area contributed by atoms with Gasteiger partial charge < -0.3 is 14.4 Å². The van der Waals surface area contributed by atoms with E-state index in [0.29, 0.717) is 43.5 Å². The minimum atomic E-state index is -0.454. The van der Waals surface area contributed by atoms with Crippen molar-refractivity contribution in [3.05, 3.63) is 64.2 Å². The van der Waals surface area contributed by atoms with Crippen LogP contribution in [0.2, 0.25) is 0 Å². The third-order valence-electron chi connectivity index (χ3n) is 4.41. The molecule has 3 rings (SSSR count). The number of anilines is 1. The lowest BCUT2D eigenvalue weighted by atomic mass is 10.1.